The van der Waals surface area contributed by atoms with Gasteiger partial charge in [0.2, 0.25) is 5.91 Å². The van der Waals surface area contributed by atoms with Crippen molar-refractivity contribution < 1.29 is 14.7 Å². The number of rotatable bonds is 6. The summed E-state index contributed by atoms with van der Waals surface area (Å²) in [6.45, 7) is 2.45. The van der Waals surface area contributed by atoms with Crippen LogP contribution in [0.5, 0.6) is 0 Å². The lowest BCUT2D eigenvalue weighted by Crippen LogP contribution is -2.54. The number of aliphatic carboxylic acids is 1. The minimum absolute atomic E-state index is 0.136. The number of carboxylic acids is 1. The van der Waals surface area contributed by atoms with Gasteiger partial charge in [-0.1, -0.05) is 39.0 Å². The van der Waals surface area contributed by atoms with Crippen LogP contribution in [0, 0.1) is 5.92 Å². The molecule has 0 heterocycles. The van der Waals surface area contributed by atoms with Crippen LogP contribution in [0.15, 0.2) is 0 Å². The number of carbonyl (C=O) groups is 2. The minimum Gasteiger partial charge on any atom is -0.480 e. The highest BCUT2D eigenvalue weighted by molar-refractivity contribution is 5.87. The molecule has 0 aromatic carbocycles. The van der Waals surface area contributed by atoms with E-state index in [-0.39, 0.29) is 11.8 Å². The Morgan fingerprint density at radius 3 is 2.26 bits per heavy atom. The Hall–Kier alpha value is -1.10. The number of amides is 1. The molecule has 110 valence electrons. The number of nitrogens with one attached hydrogen (secondary N) is 1. The Morgan fingerprint density at radius 2 is 1.84 bits per heavy atom. The Labute approximate surface area is 114 Å². The van der Waals surface area contributed by atoms with Crippen LogP contribution in [-0.4, -0.2) is 29.1 Å². The Bertz CT molecular complexity index is 306. The van der Waals surface area contributed by atoms with E-state index in [9.17, 15) is 14.7 Å². The third-order valence-electron chi connectivity index (χ3n) is 4.13. The van der Waals surface area contributed by atoms with Gasteiger partial charge in [0.1, 0.15) is 5.54 Å². The molecule has 1 aliphatic carbocycles. The maximum absolute atomic E-state index is 12.0. The summed E-state index contributed by atoms with van der Waals surface area (Å²) in [5, 5.41) is 12.2. The maximum Gasteiger partial charge on any atom is 0.329 e. The minimum atomic E-state index is -1.06. The Kier molecular flexibility index (Phi) is 6.28. The summed E-state index contributed by atoms with van der Waals surface area (Å²) in [4.78, 5) is 23.6. The van der Waals surface area contributed by atoms with E-state index in [2.05, 4.69) is 5.32 Å². The van der Waals surface area contributed by atoms with Crippen LogP contribution in [0.3, 0.4) is 0 Å². The molecule has 19 heavy (non-hydrogen) atoms. The van der Waals surface area contributed by atoms with Crippen LogP contribution in [0.25, 0.3) is 0 Å². The third kappa shape index (κ3) is 4.49. The molecule has 1 saturated carbocycles. The zero-order valence-electron chi connectivity index (χ0n) is 11.8. The van der Waals surface area contributed by atoms with E-state index >= 15 is 0 Å². The van der Waals surface area contributed by atoms with Gasteiger partial charge in [0.25, 0.3) is 0 Å². The van der Waals surface area contributed by atoms with E-state index in [1.807, 2.05) is 6.92 Å². The van der Waals surface area contributed by atoms with E-state index in [4.69, 9.17) is 5.73 Å². The lowest BCUT2D eigenvalue weighted by molar-refractivity contribution is -0.148. The molecule has 0 aliphatic heterocycles. The number of carbonyl (C=O) groups excluding carboxylic acids is 1. The van der Waals surface area contributed by atoms with Crippen molar-refractivity contribution in [3.8, 4) is 0 Å². The summed E-state index contributed by atoms with van der Waals surface area (Å²) < 4.78 is 0. The monoisotopic (exact) mass is 270 g/mol. The first kappa shape index (κ1) is 16.0. The zero-order valence-corrected chi connectivity index (χ0v) is 11.8. The smallest absolute Gasteiger partial charge is 0.329 e. The van der Waals surface area contributed by atoms with E-state index in [0.29, 0.717) is 25.8 Å². The lowest BCUT2D eigenvalue weighted by atomic mass is 9.89. The second-order valence-electron chi connectivity index (χ2n) is 5.56. The third-order valence-corrected chi connectivity index (χ3v) is 4.13. The summed E-state index contributed by atoms with van der Waals surface area (Å²) in [6.07, 6.45) is 6.05. The predicted octanol–water partition coefficient (Wildman–Crippen LogP) is 1.66. The highest BCUT2D eigenvalue weighted by Gasteiger charge is 2.40. The summed E-state index contributed by atoms with van der Waals surface area (Å²) in [5.74, 6) is -0.943. The van der Waals surface area contributed by atoms with E-state index < -0.39 is 11.5 Å². The Balaban J connectivity index is 2.67. The van der Waals surface area contributed by atoms with Gasteiger partial charge in [-0.25, -0.2) is 4.79 Å². The van der Waals surface area contributed by atoms with Crippen molar-refractivity contribution in [2.45, 2.75) is 63.8 Å². The number of nitrogens with two attached hydrogens (primary N) is 1. The molecule has 1 rings (SSSR count). The molecule has 1 unspecified atom stereocenters. The molecular weight excluding hydrogens is 244 g/mol. The second-order valence-corrected chi connectivity index (χ2v) is 5.56. The van der Waals surface area contributed by atoms with Crippen LogP contribution in [0.4, 0.5) is 0 Å². The first-order valence-electron chi connectivity index (χ1n) is 7.28. The highest BCUT2D eigenvalue weighted by atomic mass is 16.4. The molecule has 0 saturated heterocycles. The van der Waals surface area contributed by atoms with Crippen molar-refractivity contribution in [1.29, 1.82) is 0 Å². The predicted molar refractivity (Wildman–Crippen MR) is 73.7 cm³/mol. The lowest BCUT2D eigenvalue weighted by Gasteiger charge is -2.30. The fraction of sp³-hybridized carbons (Fsp3) is 0.857. The van der Waals surface area contributed by atoms with E-state index in [1.165, 1.54) is 0 Å². The van der Waals surface area contributed by atoms with Crippen molar-refractivity contribution in [3.63, 3.8) is 0 Å². The molecule has 5 nitrogen and oxygen atoms in total. The van der Waals surface area contributed by atoms with E-state index in [1.54, 1.807) is 0 Å². The second kappa shape index (κ2) is 7.48. The fourth-order valence-corrected chi connectivity index (χ4v) is 2.70. The first-order valence-corrected chi connectivity index (χ1v) is 7.28. The maximum atomic E-state index is 12.0. The van der Waals surface area contributed by atoms with Crippen LogP contribution in [0.1, 0.15) is 58.3 Å². The molecule has 0 spiro atoms. The van der Waals surface area contributed by atoms with Gasteiger partial charge in [-0.15, -0.1) is 0 Å². The largest absolute Gasteiger partial charge is 0.480 e. The molecule has 1 amide bonds. The van der Waals surface area contributed by atoms with Crippen LogP contribution in [0.2, 0.25) is 0 Å². The zero-order chi connectivity index (χ0) is 14.3. The molecule has 1 aliphatic rings. The van der Waals surface area contributed by atoms with Crippen molar-refractivity contribution >= 4 is 11.9 Å². The average Bonchev–Trinajstić information content (AvgIpc) is 2.62. The highest BCUT2D eigenvalue weighted by Crippen LogP contribution is 2.27. The first-order chi connectivity index (χ1) is 9.04. The van der Waals surface area contributed by atoms with Crippen LogP contribution < -0.4 is 11.1 Å². The molecule has 0 aromatic rings. The quantitative estimate of drug-likeness (QED) is 0.640. The van der Waals surface area contributed by atoms with Gasteiger partial charge in [0.05, 0.1) is 0 Å². The van der Waals surface area contributed by atoms with Crippen LogP contribution >= 0.6 is 0 Å². The van der Waals surface area contributed by atoms with Crippen molar-refractivity contribution in [1.82, 2.24) is 5.32 Å². The standard InChI is InChI=1S/C14H26N2O3/c1-2-11(10-15)9-12(17)16-14(13(18)19)7-5-3-4-6-8-14/h11H,2-10,15H2,1H3,(H,16,17)(H,18,19). The molecule has 5 heteroatoms. The van der Waals surface area contributed by atoms with Gasteiger partial charge in [0, 0.05) is 6.42 Å². The number of hydrogen-bond acceptors (Lipinski definition) is 3. The molecule has 1 atom stereocenters. The number of carboxylic acid groups (broad SMARTS) is 1. The van der Waals surface area contributed by atoms with Crippen molar-refractivity contribution in [2.75, 3.05) is 6.54 Å². The SMILES string of the molecule is CCC(CN)CC(=O)NC1(C(=O)O)CCCCCC1. The molecule has 0 bridgehead atoms. The van der Waals surface area contributed by atoms with Gasteiger partial charge in [-0.2, -0.15) is 0 Å². The van der Waals surface area contributed by atoms with E-state index in [0.717, 1.165) is 32.1 Å². The fourth-order valence-electron chi connectivity index (χ4n) is 2.70. The van der Waals surface area contributed by atoms with Gasteiger partial charge < -0.3 is 16.2 Å². The molecule has 0 radical (unpaired) electrons. The molecule has 0 aromatic heterocycles. The summed E-state index contributed by atoms with van der Waals surface area (Å²) in [6, 6.07) is 0. The molecular formula is C14H26N2O3. The van der Waals surface area contributed by atoms with Crippen molar-refractivity contribution in [3.05, 3.63) is 0 Å². The van der Waals surface area contributed by atoms with Gasteiger partial charge in [-0.3, -0.25) is 4.79 Å². The van der Waals surface area contributed by atoms with Crippen LogP contribution in [-0.2, 0) is 9.59 Å². The van der Waals surface area contributed by atoms with Crippen molar-refractivity contribution in [2.24, 2.45) is 11.7 Å². The Morgan fingerprint density at radius 1 is 1.26 bits per heavy atom. The summed E-state index contributed by atoms with van der Waals surface area (Å²) >= 11 is 0. The van der Waals surface area contributed by atoms with Gasteiger partial charge in [-0.05, 0) is 25.3 Å². The average molecular weight is 270 g/mol. The summed E-state index contributed by atoms with van der Waals surface area (Å²) in [5.41, 5.74) is 4.53. The molecule has 1 fully saturated rings. The number of hydrogen-bond donors (Lipinski definition) is 3. The summed E-state index contributed by atoms with van der Waals surface area (Å²) in [7, 11) is 0. The molecule has 4 N–H and O–H groups in total. The normalized spacial score (nSPS) is 20.3. The van der Waals surface area contributed by atoms with Gasteiger partial charge >= 0.3 is 5.97 Å². The topological polar surface area (TPSA) is 92.4 Å². The van der Waals surface area contributed by atoms with Gasteiger partial charge in [0.15, 0.2) is 0 Å².